The zero-order chi connectivity index (χ0) is 14.4. The number of amides is 1. The van der Waals surface area contributed by atoms with Crippen LogP contribution >= 0.6 is 11.8 Å². The van der Waals surface area contributed by atoms with Crippen molar-refractivity contribution in [3.8, 4) is 0 Å². The molecule has 0 spiro atoms. The smallest absolute Gasteiger partial charge is 0.234 e. The van der Waals surface area contributed by atoms with Gasteiger partial charge in [0.1, 0.15) is 11.6 Å². The van der Waals surface area contributed by atoms with Crippen molar-refractivity contribution in [3.05, 3.63) is 65.7 Å². The first kappa shape index (κ1) is 14.5. The van der Waals surface area contributed by atoms with Gasteiger partial charge in [-0.25, -0.2) is 8.78 Å². The number of thioether (sulfide) groups is 1. The fourth-order valence-corrected chi connectivity index (χ4v) is 2.43. The van der Waals surface area contributed by atoms with Gasteiger partial charge in [-0.15, -0.1) is 11.8 Å². The van der Waals surface area contributed by atoms with Crippen LogP contribution in [0.5, 0.6) is 0 Å². The van der Waals surface area contributed by atoms with Crippen molar-refractivity contribution in [2.75, 3.05) is 11.1 Å². The lowest BCUT2D eigenvalue weighted by Crippen LogP contribution is -2.14. The summed E-state index contributed by atoms with van der Waals surface area (Å²) in [6, 6.07) is 12.0. The molecule has 104 valence electrons. The molecule has 0 atom stereocenters. The molecule has 20 heavy (non-hydrogen) atoms. The molecule has 1 amide bonds. The van der Waals surface area contributed by atoms with Crippen molar-refractivity contribution < 1.29 is 13.6 Å². The van der Waals surface area contributed by atoms with Gasteiger partial charge in [0.2, 0.25) is 5.91 Å². The molecule has 0 saturated heterocycles. The number of carbonyl (C=O) groups is 1. The lowest BCUT2D eigenvalue weighted by Gasteiger charge is -2.05. The number of carbonyl (C=O) groups excluding carboxylic acids is 1. The minimum Gasteiger partial charge on any atom is -0.325 e. The maximum Gasteiger partial charge on any atom is 0.234 e. The minimum absolute atomic E-state index is 0.211. The van der Waals surface area contributed by atoms with E-state index in [0.29, 0.717) is 11.4 Å². The molecule has 2 aromatic carbocycles. The second-order valence-corrected chi connectivity index (χ2v) is 5.17. The highest BCUT2D eigenvalue weighted by Gasteiger charge is 2.04. The number of nitrogens with one attached hydrogen (secondary N) is 1. The van der Waals surface area contributed by atoms with Gasteiger partial charge in [0, 0.05) is 11.4 Å². The van der Waals surface area contributed by atoms with Gasteiger partial charge >= 0.3 is 0 Å². The molecular weight excluding hydrogens is 280 g/mol. The molecule has 0 aliphatic rings. The van der Waals surface area contributed by atoms with Crippen LogP contribution in [0.3, 0.4) is 0 Å². The number of halogens is 2. The zero-order valence-electron chi connectivity index (χ0n) is 10.6. The Hall–Kier alpha value is -1.88. The summed E-state index contributed by atoms with van der Waals surface area (Å²) in [5, 5.41) is 2.61. The summed E-state index contributed by atoms with van der Waals surface area (Å²) in [7, 11) is 0. The van der Waals surface area contributed by atoms with E-state index in [1.165, 1.54) is 42.1 Å². The molecule has 0 aromatic heterocycles. The molecule has 0 unspecified atom stereocenters. The van der Waals surface area contributed by atoms with Gasteiger partial charge in [-0.3, -0.25) is 4.79 Å². The van der Waals surface area contributed by atoms with Crippen LogP contribution < -0.4 is 5.32 Å². The summed E-state index contributed by atoms with van der Waals surface area (Å²) in [6.45, 7) is 0. The third-order valence-electron chi connectivity index (χ3n) is 2.50. The molecular formula is C15H13F2NOS. The van der Waals surface area contributed by atoms with Crippen molar-refractivity contribution in [2.45, 2.75) is 5.75 Å². The predicted octanol–water partition coefficient (Wildman–Crippen LogP) is 3.84. The molecule has 0 aliphatic heterocycles. The van der Waals surface area contributed by atoms with E-state index in [9.17, 15) is 13.6 Å². The maximum atomic E-state index is 13.0. The number of rotatable bonds is 5. The Kier molecular flexibility index (Phi) is 5.12. The van der Waals surface area contributed by atoms with Gasteiger partial charge in [0.05, 0.1) is 5.75 Å². The van der Waals surface area contributed by atoms with Gasteiger partial charge in [0.15, 0.2) is 0 Å². The highest BCUT2D eigenvalue weighted by Crippen LogP contribution is 2.14. The topological polar surface area (TPSA) is 29.1 Å². The Morgan fingerprint density at radius 1 is 1.05 bits per heavy atom. The van der Waals surface area contributed by atoms with Crippen molar-refractivity contribution >= 4 is 23.4 Å². The molecule has 0 aliphatic carbocycles. The lowest BCUT2D eigenvalue weighted by atomic mass is 10.2. The van der Waals surface area contributed by atoms with Crippen molar-refractivity contribution in [2.24, 2.45) is 0 Å². The van der Waals surface area contributed by atoms with Gasteiger partial charge in [-0.2, -0.15) is 0 Å². The number of hydrogen-bond acceptors (Lipinski definition) is 2. The van der Waals surface area contributed by atoms with E-state index >= 15 is 0 Å². The molecule has 2 nitrogen and oxygen atoms in total. The van der Waals surface area contributed by atoms with Crippen LogP contribution in [-0.4, -0.2) is 11.7 Å². The van der Waals surface area contributed by atoms with Crippen LogP contribution in [0, 0.1) is 11.6 Å². The maximum absolute atomic E-state index is 13.0. The molecule has 0 radical (unpaired) electrons. The van der Waals surface area contributed by atoms with Crippen LogP contribution in [0.2, 0.25) is 0 Å². The second kappa shape index (κ2) is 7.05. The van der Waals surface area contributed by atoms with Crippen LogP contribution in [0.4, 0.5) is 14.5 Å². The normalized spacial score (nSPS) is 10.3. The summed E-state index contributed by atoms with van der Waals surface area (Å²) >= 11 is 1.37. The number of anilines is 1. The molecule has 5 heteroatoms. The van der Waals surface area contributed by atoms with Gasteiger partial charge in [-0.1, -0.05) is 18.2 Å². The second-order valence-electron chi connectivity index (χ2n) is 4.18. The number of benzene rings is 2. The van der Waals surface area contributed by atoms with E-state index in [1.807, 2.05) is 0 Å². The Labute approximate surface area is 120 Å². The van der Waals surface area contributed by atoms with E-state index in [4.69, 9.17) is 0 Å². The summed E-state index contributed by atoms with van der Waals surface area (Å²) in [5.74, 6) is -0.110. The first-order valence-electron chi connectivity index (χ1n) is 6.01. The average molecular weight is 293 g/mol. The highest BCUT2D eigenvalue weighted by atomic mass is 32.2. The molecule has 0 saturated carbocycles. The molecule has 0 fully saturated rings. The molecule has 1 N–H and O–H groups in total. The SMILES string of the molecule is O=C(CSCc1cccc(F)c1)Nc1cccc(F)c1. The third kappa shape index (κ3) is 4.66. The quantitative estimate of drug-likeness (QED) is 0.907. The van der Waals surface area contributed by atoms with Crippen molar-refractivity contribution in [1.82, 2.24) is 0 Å². The summed E-state index contributed by atoms with van der Waals surface area (Å²) in [4.78, 5) is 11.7. The highest BCUT2D eigenvalue weighted by molar-refractivity contribution is 7.99. The predicted molar refractivity (Wildman–Crippen MR) is 77.6 cm³/mol. The largest absolute Gasteiger partial charge is 0.325 e. The third-order valence-corrected chi connectivity index (χ3v) is 3.50. The Morgan fingerprint density at radius 2 is 1.75 bits per heavy atom. The van der Waals surface area contributed by atoms with E-state index < -0.39 is 5.82 Å². The molecule has 2 rings (SSSR count). The van der Waals surface area contributed by atoms with Crippen LogP contribution in [0.1, 0.15) is 5.56 Å². The van der Waals surface area contributed by atoms with E-state index in [0.717, 1.165) is 5.56 Å². The summed E-state index contributed by atoms with van der Waals surface area (Å²) in [6.07, 6.45) is 0. The zero-order valence-corrected chi connectivity index (χ0v) is 11.4. The fourth-order valence-electron chi connectivity index (χ4n) is 1.65. The Balaban J connectivity index is 1.78. The Bertz CT molecular complexity index is 604. The lowest BCUT2D eigenvalue weighted by molar-refractivity contribution is -0.113. The number of hydrogen-bond donors (Lipinski definition) is 1. The average Bonchev–Trinajstić information content (AvgIpc) is 2.38. The first-order chi connectivity index (χ1) is 9.63. The van der Waals surface area contributed by atoms with Crippen LogP contribution in [0.15, 0.2) is 48.5 Å². The first-order valence-corrected chi connectivity index (χ1v) is 7.16. The van der Waals surface area contributed by atoms with E-state index in [1.54, 1.807) is 18.2 Å². The Morgan fingerprint density at radius 3 is 2.45 bits per heavy atom. The van der Waals surface area contributed by atoms with Crippen molar-refractivity contribution in [1.29, 1.82) is 0 Å². The standard InChI is InChI=1S/C15H13F2NOS/c16-12-4-1-3-11(7-12)9-20-10-15(19)18-14-6-2-5-13(17)8-14/h1-8H,9-10H2,(H,18,19). The molecule has 0 heterocycles. The van der Waals surface area contributed by atoms with Crippen molar-refractivity contribution in [3.63, 3.8) is 0 Å². The van der Waals surface area contributed by atoms with Crippen LogP contribution in [0.25, 0.3) is 0 Å². The fraction of sp³-hybridized carbons (Fsp3) is 0.133. The van der Waals surface area contributed by atoms with Gasteiger partial charge < -0.3 is 5.32 Å². The monoisotopic (exact) mass is 293 g/mol. The summed E-state index contributed by atoms with van der Waals surface area (Å²) in [5.41, 5.74) is 1.26. The van der Waals surface area contributed by atoms with Gasteiger partial charge in [0.25, 0.3) is 0 Å². The van der Waals surface area contributed by atoms with Gasteiger partial charge in [-0.05, 0) is 35.9 Å². The van der Waals surface area contributed by atoms with E-state index in [2.05, 4.69) is 5.32 Å². The van der Waals surface area contributed by atoms with E-state index in [-0.39, 0.29) is 17.5 Å². The molecule has 0 bridgehead atoms. The van der Waals surface area contributed by atoms with Crippen LogP contribution in [-0.2, 0) is 10.5 Å². The minimum atomic E-state index is -0.393. The summed E-state index contributed by atoms with van der Waals surface area (Å²) < 4.78 is 25.9. The molecule has 2 aromatic rings.